The zero-order chi connectivity index (χ0) is 12.1. The van der Waals surface area contributed by atoms with E-state index in [-0.39, 0.29) is 0 Å². The van der Waals surface area contributed by atoms with Crippen molar-refractivity contribution in [3.63, 3.8) is 0 Å². The highest BCUT2D eigenvalue weighted by Crippen LogP contribution is 2.18. The third kappa shape index (κ3) is 3.38. The smallest absolute Gasteiger partial charge is 0.0576 e. The van der Waals surface area contributed by atoms with Crippen LogP contribution in [0.25, 0.3) is 0 Å². The Labute approximate surface area is 98.1 Å². The number of pyridine rings is 1. The topological polar surface area (TPSA) is 45.4 Å². The Bertz CT molecular complexity index is 325. The van der Waals surface area contributed by atoms with E-state index in [1.807, 2.05) is 12.3 Å². The molecule has 1 aromatic heterocycles. The summed E-state index contributed by atoms with van der Waals surface area (Å²) < 4.78 is 0. The van der Waals surface area contributed by atoms with Gasteiger partial charge in [0.25, 0.3) is 0 Å². The van der Waals surface area contributed by atoms with Gasteiger partial charge in [-0.25, -0.2) is 0 Å². The normalized spacial score (nSPS) is 12.8. The Morgan fingerprint density at radius 2 is 2.06 bits per heavy atom. The number of nitrogen functional groups attached to an aromatic ring is 1. The number of nitrogens with zero attached hydrogens (tertiary/aromatic N) is 3. The molecule has 2 N–H and O–H groups in total. The lowest BCUT2D eigenvalue weighted by atomic mass is 10.2. The van der Waals surface area contributed by atoms with Gasteiger partial charge in [-0.1, -0.05) is 0 Å². The number of likely N-dealkylation sites (N-methyl/N-ethyl adjacent to an activating group) is 2. The van der Waals surface area contributed by atoms with E-state index in [0.717, 1.165) is 18.8 Å². The zero-order valence-electron chi connectivity index (χ0n) is 10.6. The largest absolute Gasteiger partial charge is 0.397 e. The van der Waals surface area contributed by atoms with Crippen molar-refractivity contribution in [2.24, 2.45) is 0 Å². The van der Waals surface area contributed by atoms with E-state index in [0.29, 0.717) is 11.7 Å². The predicted octanol–water partition coefficient (Wildman–Crippen LogP) is 1.44. The van der Waals surface area contributed by atoms with Gasteiger partial charge in [0.05, 0.1) is 17.6 Å². The molecule has 0 amide bonds. The summed E-state index contributed by atoms with van der Waals surface area (Å²) in [5.41, 5.74) is 7.56. The van der Waals surface area contributed by atoms with Crippen molar-refractivity contribution in [3.05, 3.63) is 18.5 Å². The maximum absolute atomic E-state index is 5.75. The Morgan fingerprint density at radius 3 is 2.56 bits per heavy atom. The third-order valence-corrected chi connectivity index (χ3v) is 2.58. The van der Waals surface area contributed by atoms with Gasteiger partial charge < -0.3 is 15.5 Å². The van der Waals surface area contributed by atoms with Gasteiger partial charge in [-0.3, -0.25) is 4.98 Å². The number of nitrogens with two attached hydrogens (primary N) is 1. The van der Waals surface area contributed by atoms with Crippen LogP contribution in [0.4, 0.5) is 11.4 Å². The molecule has 0 aliphatic carbocycles. The summed E-state index contributed by atoms with van der Waals surface area (Å²) in [7, 11) is 4.17. The molecule has 1 rings (SSSR count). The lowest BCUT2D eigenvalue weighted by Gasteiger charge is -2.31. The van der Waals surface area contributed by atoms with Gasteiger partial charge in [-0.15, -0.1) is 0 Å². The molecule has 4 heteroatoms. The second-order valence-corrected chi connectivity index (χ2v) is 4.37. The molecule has 0 spiro atoms. The van der Waals surface area contributed by atoms with Gasteiger partial charge in [0.15, 0.2) is 0 Å². The molecule has 0 fully saturated rings. The maximum atomic E-state index is 5.75. The van der Waals surface area contributed by atoms with Crippen LogP contribution in [0.15, 0.2) is 18.5 Å². The van der Waals surface area contributed by atoms with Crippen LogP contribution in [0.5, 0.6) is 0 Å². The lowest BCUT2D eigenvalue weighted by molar-refractivity contribution is 0.373. The van der Waals surface area contributed by atoms with Crippen LogP contribution in [0.1, 0.15) is 13.8 Å². The molecular formula is C12H22N4. The van der Waals surface area contributed by atoms with E-state index in [9.17, 15) is 0 Å². The number of aromatic nitrogens is 1. The molecule has 1 aromatic rings. The molecule has 16 heavy (non-hydrogen) atoms. The van der Waals surface area contributed by atoms with Crippen molar-refractivity contribution in [2.45, 2.75) is 19.9 Å². The van der Waals surface area contributed by atoms with Gasteiger partial charge in [-0.05, 0) is 34.0 Å². The van der Waals surface area contributed by atoms with Gasteiger partial charge in [0.1, 0.15) is 0 Å². The van der Waals surface area contributed by atoms with Crippen LogP contribution in [-0.4, -0.2) is 43.1 Å². The average molecular weight is 222 g/mol. The van der Waals surface area contributed by atoms with Crippen molar-refractivity contribution in [1.29, 1.82) is 0 Å². The van der Waals surface area contributed by atoms with E-state index in [2.05, 4.69) is 42.7 Å². The summed E-state index contributed by atoms with van der Waals surface area (Å²) in [4.78, 5) is 8.63. The first kappa shape index (κ1) is 12.8. The third-order valence-electron chi connectivity index (χ3n) is 2.58. The molecule has 0 radical (unpaired) electrons. The van der Waals surface area contributed by atoms with Gasteiger partial charge in [0.2, 0.25) is 0 Å². The Kier molecular flexibility index (Phi) is 4.55. The quantitative estimate of drug-likeness (QED) is 0.819. The highest BCUT2D eigenvalue weighted by atomic mass is 15.2. The molecule has 0 saturated carbocycles. The fourth-order valence-electron chi connectivity index (χ4n) is 1.98. The molecule has 4 nitrogen and oxygen atoms in total. The first-order valence-corrected chi connectivity index (χ1v) is 5.66. The van der Waals surface area contributed by atoms with Crippen LogP contribution in [0.2, 0.25) is 0 Å². The number of anilines is 2. The summed E-state index contributed by atoms with van der Waals surface area (Å²) in [6.45, 7) is 6.34. The molecular weight excluding hydrogens is 200 g/mol. The first-order chi connectivity index (χ1) is 7.54. The molecule has 1 atom stereocenters. The second kappa shape index (κ2) is 5.70. The summed E-state index contributed by atoms with van der Waals surface area (Å²) in [5.74, 6) is 0. The Hall–Kier alpha value is -1.29. The van der Waals surface area contributed by atoms with Crippen LogP contribution in [0.3, 0.4) is 0 Å². The van der Waals surface area contributed by atoms with Crippen molar-refractivity contribution >= 4 is 11.4 Å². The van der Waals surface area contributed by atoms with Crippen LogP contribution >= 0.6 is 0 Å². The molecule has 0 aliphatic rings. The minimum atomic E-state index is 0.448. The van der Waals surface area contributed by atoms with E-state index < -0.39 is 0 Å². The summed E-state index contributed by atoms with van der Waals surface area (Å²) in [6, 6.07) is 2.42. The SMILES string of the molecule is CCN(c1cncc(N)c1)C(C)CN(C)C. The van der Waals surface area contributed by atoms with Crippen molar-refractivity contribution in [2.75, 3.05) is 37.8 Å². The van der Waals surface area contributed by atoms with Crippen molar-refractivity contribution in [1.82, 2.24) is 9.88 Å². The molecule has 1 unspecified atom stereocenters. The minimum Gasteiger partial charge on any atom is -0.397 e. The highest BCUT2D eigenvalue weighted by Gasteiger charge is 2.13. The summed E-state index contributed by atoms with van der Waals surface area (Å²) in [5, 5.41) is 0. The molecule has 0 bridgehead atoms. The maximum Gasteiger partial charge on any atom is 0.0576 e. The minimum absolute atomic E-state index is 0.448. The molecule has 90 valence electrons. The van der Waals surface area contributed by atoms with Crippen molar-refractivity contribution in [3.8, 4) is 0 Å². The average Bonchev–Trinajstić information content (AvgIpc) is 2.17. The Morgan fingerprint density at radius 1 is 1.38 bits per heavy atom. The monoisotopic (exact) mass is 222 g/mol. The lowest BCUT2D eigenvalue weighted by Crippen LogP contribution is -2.40. The predicted molar refractivity (Wildman–Crippen MR) is 69.7 cm³/mol. The molecule has 0 saturated heterocycles. The van der Waals surface area contributed by atoms with E-state index in [1.54, 1.807) is 6.20 Å². The van der Waals surface area contributed by atoms with Crippen molar-refractivity contribution < 1.29 is 0 Å². The summed E-state index contributed by atoms with van der Waals surface area (Å²) in [6.07, 6.45) is 3.54. The van der Waals surface area contributed by atoms with Crippen LogP contribution in [0, 0.1) is 0 Å². The number of hydrogen-bond donors (Lipinski definition) is 1. The first-order valence-electron chi connectivity index (χ1n) is 5.66. The number of rotatable bonds is 5. The zero-order valence-corrected chi connectivity index (χ0v) is 10.6. The number of hydrogen-bond acceptors (Lipinski definition) is 4. The van der Waals surface area contributed by atoms with Crippen LogP contribution < -0.4 is 10.6 Å². The molecule has 1 heterocycles. The second-order valence-electron chi connectivity index (χ2n) is 4.37. The van der Waals surface area contributed by atoms with Crippen LogP contribution in [-0.2, 0) is 0 Å². The standard InChI is InChI=1S/C12H22N4/c1-5-16(10(2)9-15(3)4)12-6-11(13)7-14-8-12/h6-8,10H,5,9,13H2,1-4H3. The fraction of sp³-hybridized carbons (Fsp3) is 0.583. The van der Waals surface area contributed by atoms with Gasteiger partial charge >= 0.3 is 0 Å². The van der Waals surface area contributed by atoms with E-state index >= 15 is 0 Å². The molecule has 0 aromatic carbocycles. The fourth-order valence-corrected chi connectivity index (χ4v) is 1.98. The van der Waals surface area contributed by atoms with Gasteiger partial charge in [-0.2, -0.15) is 0 Å². The Balaban J connectivity index is 2.81. The van der Waals surface area contributed by atoms with E-state index in [4.69, 9.17) is 5.73 Å². The summed E-state index contributed by atoms with van der Waals surface area (Å²) >= 11 is 0. The van der Waals surface area contributed by atoms with E-state index in [1.165, 1.54) is 0 Å². The molecule has 0 aliphatic heterocycles. The highest BCUT2D eigenvalue weighted by molar-refractivity contribution is 5.53. The van der Waals surface area contributed by atoms with Gasteiger partial charge in [0, 0.05) is 25.3 Å².